The highest BCUT2D eigenvalue weighted by Gasteiger charge is 2.16. The van der Waals surface area contributed by atoms with Crippen LogP contribution in [0.3, 0.4) is 0 Å². The summed E-state index contributed by atoms with van der Waals surface area (Å²) < 4.78 is 46.6. The summed E-state index contributed by atoms with van der Waals surface area (Å²) in [6.07, 6.45) is 30.1. The van der Waals surface area contributed by atoms with Crippen LogP contribution in [-0.2, 0) is 29.3 Å². The Hall–Kier alpha value is -3.24. The van der Waals surface area contributed by atoms with Gasteiger partial charge in [-0.25, -0.2) is 16.8 Å². The van der Waals surface area contributed by atoms with Gasteiger partial charge in [0, 0.05) is 24.2 Å². The highest BCUT2D eigenvalue weighted by atomic mass is 32.2. The van der Waals surface area contributed by atoms with Gasteiger partial charge in [0.15, 0.2) is 19.7 Å². The Morgan fingerprint density at radius 3 is 1.23 bits per heavy atom. The van der Waals surface area contributed by atoms with Gasteiger partial charge in [0.2, 0.25) is 0 Å². The molecule has 0 aliphatic heterocycles. The van der Waals surface area contributed by atoms with Gasteiger partial charge >= 0.3 is 0 Å². The van der Waals surface area contributed by atoms with Crippen LogP contribution in [0.15, 0.2) is 96.2 Å². The zero-order valence-electron chi connectivity index (χ0n) is 26.6. The van der Waals surface area contributed by atoms with Crippen molar-refractivity contribution < 1.29 is 26.4 Å². The van der Waals surface area contributed by atoms with E-state index in [0.717, 1.165) is 25.7 Å². The maximum absolute atomic E-state index is 12.0. The number of amides is 2. The topological polar surface area (TPSA) is 126 Å². The Labute approximate surface area is 265 Å². The first-order valence-electron chi connectivity index (χ1n) is 15.3. The number of unbranched alkanes of at least 4 members (excludes halogenated alkanes) is 4. The van der Waals surface area contributed by atoms with Crippen molar-refractivity contribution in [2.75, 3.05) is 24.6 Å². The van der Waals surface area contributed by atoms with E-state index in [-0.39, 0.29) is 33.8 Å². The molecule has 2 N–H and O–H groups in total. The number of allylic oxidation sites excluding steroid dienone is 12. The van der Waals surface area contributed by atoms with Crippen LogP contribution in [0.4, 0.5) is 0 Å². The summed E-state index contributed by atoms with van der Waals surface area (Å²) in [6.45, 7) is 7.94. The zero-order valence-corrected chi connectivity index (χ0v) is 28.2. The number of rotatable bonds is 16. The molecule has 0 aromatic rings. The van der Waals surface area contributed by atoms with Crippen molar-refractivity contribution in [2.45, 2.75) is 76.7 Å². The van der Waals surface area contributed by atoms with Gasteiger partial charge < -0.3 is 10.6 Å². The van der Waals surface area contributed by atoms with Gasteiger partial charge in [-0.2, -0.15) is 0 Å². The van der Waals surface area contributed by atoms with Gasteiger partial charge in [-0.05, 0) is 77.7 Å². The lowest BCUT2D eigenvalue weighted by Gasteiger charge is -2.08. The average Bonchev–Trinajstić information content (AvgIpc) is 2.92. The van der Waals surface area contributed by atoms with Crippen LogP contribution >= 0.6 is 0 Å². The minimum absolute atomic E-state index is 0.106. The molecule has 0 atom stereocenters. The maximum Gasteiger partial charge on any atom is 0.251 e. The summed E-state index contributed by atoms with van der Waals surface area (Å²) in [6, 6.07) is 0. The predicted octanol–water partition coefficient (Wildman–Crippen LogP) is 5.41. The highest BCUT2D eigenvalue weighted by Crippen LogP contribution is 2.08. The number of carbonyl (C=O) groups is 2. The van der Waals surface area contributed by atoms with Crippen molar-refractivity contribution >= 4 is 31.5 Å². The lowest BCUT2D eigenvalue weighted by atomic mass is 10.1. The molecule has 0 fully saturated rings. The minimum Gasteiger partial charge on any atom is -0.352 e. The van der Waals surface area contributed by atoms with Crippen molar-refractivity contribution in [1.29, 1.82) is 0 Å². The van der Waals surface area contributed by atoms with E-state index in [2.05, 4.69) is 10.6 Å². The second-order valence-electron chi connectivity index (χ2n) is 11.0. The largest absolute Gasteiger partial charge is 0.352 e. The molecular formula is C34H50N2O6S2. The quantitative estimate of drug-likeness (QED) is 0.216. The summed E-state index contributed by atoms with van der Waals surface area (Å²) in [5.74, 6) is 0.241. The fraction of sp³-hybridized carbons (Fsp3) is 0.471. The molecule has 8 nitrogen and oxygen atoms in total. The van der Waals surface area contributed by atoms with Gasteiger partial charge in [-0.3, -0.25) is 9.59 Å². The van der Waals surface area contributed by atoms with Crippen molar-refractivity contribution in [1.82, 2.24) is 10.6 Å². The van der Waals surface area contributed by atoms with Crippen LogP contribution in [-0.4, -0.2) is 63.7 Å². The Morgan fingerprint density at radius 2 is 0.864 bits per heavy atom. The molecule has 2 rings (SSSR count). The molecule has 0 heterocycles. The fourth-order valence-electron chi connectivity index (χ4n) is 3.73. The Kier molecular flexibility index (Phi) is 18.9. The first-order valence-corrected chi connectivity index (χ1v) is 18.7. The molecule has 2 aliphatic carbocycles. The summed E-state index contributed by atoms with van der Waals surface area (Å²) in [4.78, 5) is 23.9. The third kappa shape index (κ3) is 17.2. The molecule has 0 saturated carbocycles. The maximum atomic E-state index is 12.0. The number of nitrogens with one attached hydrogen (secondary N) is 2. The third-order valence-electron chi connectivity index (χ3n) is 6.74. The molecule has 0 radical (unpaired) electrons. The summed E-state index contributed by atoms with van der Waals surface area (Å²) in [7, 11) is -5.89. The number of hydrogen-bond donors (Lipinski definition) is 2. The van der Waals surface area contributed by atoms with E-state index in [4.69, 9.17) is 0 Å². The van der Waals surface area contributed by atoms with Crippen molar-refractivity contribution in [3.05, 3.63) is 96.2 Å². The lowest BCUT2D eigenvalue weighted by molar-refractivity contribution is -0.118. The molecule has 2 amide bonds. The molecule has 0 aromatic heterocycles. The Morgan fingerprint density at radius 1 is 0.523 bits per heavy atom. The standard InChI is InChI=1S/2C17H25NO3S/c2*1-15(2)22(20,21)14-10-6-9-13-18-17(19)16-11-7-4-3-5-8-12-16/h2*3-5,7-8,11-12,15H,6,9-10,13-14H2,1-2H3,(H,18,19)/b2*4-3-,5-3?,7-4?,8-5-,11-7?,12-8?,16-11?,16-12?. The molecule has 0 bridgehead atoms. The van der Waals surface area contributed by atoms with Crippen LogP contribution in [0.2, 0.25) is 0 Å². The Balaban J connectivity index is 0.000000440. The highest BCUT2D eigenvalue weighted by molar-refractivity contribution is 7.92. The molecule has 244 valence electrons. The van der Waals surface area contributed by atoms with E-state index < -0.39 is 19.7 Å². The number of carbonyl (C=O) groups excluding carboxylic acids is 2. The molecule has 0 unspecified atom stereocenters. The van der Waals surface area contributed by atoms with E-state index >= 15 is 0 Å². The second kappa shape index (κ2) is 21.5. The molecule has 0 spiro atoms. The van der Waals surface area contributed by atoms with Crippen LogP contribution in [0.25, 0.3) is 0 Å². The Bertz CT molecular complexity index is 1270. The molecule has 2 aliphatic rings. The monoisotopic (exact) mass is 646 g/mol. The van der Waals surface area contributed by atoms with Crippen molar-refractivity contribution in [3.8, 4) is 0 Å². The fourth-order valence-corrected chi connectivity index (χ4v) is 5.88. The van der Waals surface area contributed by atoms with Gasteiger partial charge in [-0.15, -0.1) is 0 Å². The molecule has 10 heteroatoms. The number of hydrogen-bond acceptors (Lipinski definition) is 6. The SMILES string of the molecule is CC(C)S(=O)(=O)CCCCCNC(=O)C1=C/C=C\C=C/C=C1.CC(C)S(=O)(=O)CCCCCNC(=O)C1=C/C=C\C=C/C=C1. The molecule has 0 aromatic carbocycles. The van der Waals surface area contributed by atoms with Gasteiger partial charge in [0.1, 0.15) is 0 Å². The second-order valence-corrected chi connectivity index (χ2v) is 16.3. The van der Waals surface area contributed by atoms with E-state index in [1.807, 2.05) is 60.8 Å². The summed E-state index contributed by atoms with van der Waals surface area (Å²) in [5, 5.41) is 5.08. The van der Waals surface area contributed by atoms with Crippen LogP contribution in [0, 0.1) is 0 Å². The summed E-state index contributed by atoms with van der Waals surface area (Å²) >= 11 is 0. The summed E-state index contributed by atoms with van der Waals surface area (Å²) in [5.41, 5.74) is 1.23. The van der Waals surface area contributed by atoms with Gasteiger partial charge in [0.05, 0.1) is 22.0 Å². The molecule has 44 heavy (non-hydrogen) atoms. The van der Waals surface area contributed by atoms with E-state index in [1.165, 1.54) is 0 Å². The normalized spacial score (nSPS) is 17.5. The van der Waals surface area contributed by atoms with Gasteiger partial charge in [0.25, 0.3) is 11.8 Å². The van der Waals surface area contributed by atoms with E-state index in [9.17, 15) is 26.4 Å². The van der Waals surface area contributed by atoms with E-state index in [1.54, 1.807) is 52.0 Å². The van der Waals surface area contributed by atoms with Gasteiger partial charge in [-0.1, -0.05) is 73.6 Å². The molecular weight excluding hydrogens is 597 g/mol. The number of sulfone groups is 2. The minimum atomic E-state index is -2.95. The third-order valence-corrected chi connectivity index (χ3v) is 11.3. The van der Waals surface area contributed by atoms with Crippen molar-refractivity contribution in [2.24, 2.45) is 0 Å². The van der Waals surface area contributed by atoms with Crippen LogP contribution < -0.4 is 10.6 Å². The first-order chi connectivity index (χ1) is 20.9. The van der Waals surface area contributed by atoms with E-state index in [0.29, 0.717) is 37.1 Å². The van der Waals surface area contributed by atoms with Crippen LogP contribution in [0.1, 0.15) is 66.2 Å². The first kappa shape index (κ1) is 38.8. The van der Waals surface area contributed by atoms with Crippen molar-refractivity contribution in [3.63, 3.8) is 0 Å². The lowest BCUT2D eigenvalue weighted by Crippen LogP contribution is -2.25. The predicted molar refractivity (Wildman–Crippen MR) is 183 cm³/mol. The molecule has 0 saturated heterocycles. The zero-order chi connectivity index (χ0) is 32.8. The average molecular weight is 647 g/mol. The smallest absolute Gasteiger partial charge is 0.251 e. The van der Waals surface area contributed by atoms with Crippen LogP contribution in [0.5, 0.6) is 0 Å².